The van der Waals surface area contributed by atoms with E-state index in [9.17, 15) is 19.0 Å². The van der Waals surface area contributed by atoms with Crippen LogP contribution in [0.2, 0.25) is 0 Å². The molecule has 0 rings (SSSR count). The molecule has 0 spiro atoms. The van der Waals surface area contributed by atoms with Crippen LogP contribution in [0.4, 0.5) is 0 Å². The Balaban J connectivity index is 5.18. The molecule has 0 aliphatic rings. The Morgan fingerprint density at radius 3 is 1.16 bits per heavy atom. The number of allylic oxidation sites excluding steroid dienone is 9. The summed E-state index contributed by atoms with van der Waals surface area (Å²) in [7, 11) is 1.18. The van der Waals surface area contributed by atoms with E-state index in [2.05, 4.69) is 74.7 Å². The van der Waals surface area contributed by atoms with Crippen molar-refractivity contribution in [2.45, 2.75) is 341 Å². The highest BCUT2D eigenvalue weighted by atomic mass is 31.2. The van der Waals surface area contributed by atoms with Gasteiger partial charge in [0.05, 0.1) is 33.8 Å². The van der Waals surface area contributed by atoms with Crippen LogP contribution < -0.4 is 10.2 Å². The van der Waals surface area contributed by atoms with Crippen LogP contribution >= 0.6 is 7.82 Å². The van der Waals surface area contributed by atoms with Gasteiger partial charge in [-0.2, -0.15) is 0 Å². The minimum absolute atomic E-state index is 0.0273. The molecule has 0 saturated carbocycles. The van der Waals surface area contributed by atoms with Gasteiger partial charge >= 0.3 is 5.97 Å². The summed E-state index contributed by atoms with van der Waals surface area (Å²) in [6, 6.07) is -0.902. The van der Waals surface area contributed by atoms with Gasteiger partial charge in [-0.15, -0.1) is 0 Å². The molecular weight excluding hydrogens is 1020 g/mol. The Morgan fingerprint density at radius 2 is 0.753 bits per heavy atom. The molecule has 0 aromatic rings. The molecule has 0 fully saturated rings. The fraction of sp³-hybridized carbons (Fsp3) is 0.831. The van der Waals surface area contributed by atoms with E-state index in [0.717, 1.165) is 77.0 Å². The number of hydrogen-bond acceptors (Lipinski definition) is 7. The first-order valence-electron chi connectivity index (χ1n) is 34.6. The van der Waals surface area contributed by atoms with Crippen molar-refractivity contribution in [3.8, 4) is 0 Å². The lowest BCUT2D eigenvalue weighted by atomic mass is 10.0. The number of carbonyl (C=O) groups is 2. The van der Waals surface area contributed by atoms with Gasteiger partial charge in [-0.25, -0.2) is 0 Å². The van der Waals surface area contributed by atoms with Gasteiger partial charge in [0.2, 0.25) is 5.91 Å². The molecule has 3 atom stereocenters. The number of quaternary nitrogens is 1. The highest BCUT2D eigenvalue weighted by molar-refractivity contribution is 7.45. The summed E-state index contributed by atoms with van der Waals surface area (Å²) in [5, 5.41) is 3.04. The molecule has 0 aromatic heterocycles. The predicted molar refractivity (Wildman–Crippen MR) is 349 cm³/mol. The van der Waals surface area contributed by atoms with Crippen molar-refractivity contribution in [2.24, 2.45) is 0 Å². The van der Waals surface area contributed by atoms with Crippen molar-refractivity contribution in [2.75, 3.05) is 40.9 Å². The van der Waals surface area contributed by atoms with Gasteiger partial charge in [-0.3, -0.25) is 14.2 Å². The van der Waals surface area contributed by atoms with Crippen molar-refractivity contribution < 1.29 is 37.3 Å². The standard InChI is InChI=1S/C71H133N2O7P/c1-7-10-13-16-19-22-25-28-30-32-34-35-36-37-39-40-42-45-48-51-54-57-60-63-70(74)72-68(67-79-81(76,77)78-66-65-73(4,5)6)69(62-59-56-53-50-47-44-27-24-21-18-15-12-9-3)80-71(75)64-61-58-55-52-49-46-43-41-38-33-31-29-26-23-20-17-14-11-8-2/h20,23,29,31,38,41,46,49,59,62,68-69H,7-19,21-22,24-28,30,32-37,39-40,42-45,47-48,50-58,60-61,63-67H2,1-6H3,(H-,72,74,76,77)/b23-20-,31-29-,41-38-,49-46-,62-59+. The van der Waals surface area contributed by atoms with E-state index in [1.807, 2.05) is 33.3 Å². The predicted octanol–water partition coefficient (Wildman–Crippen LogP) is 21.2. The number of carbonyl (C=O) groups excluding carboxylic acids is 2. The van der Waals surface area contributed by atoms with E-state index in [4.69, 9.17) is 13.8 Å². The zero-order chi connectivity index (χ0) is 59.3. The first-order valence-corrected chi connectivity index (χ1v) is 36.1. The summed E-state index contributed by atoms with van der Waals surface area (Å²) in [4.78, 5) is 40.1. The summed E-state index contributed by atoms with van der Waals surface area (Å²) in [5.74, 6) is -0.564. The number of phosphoric acid groups is 1. The average molecular weight is 1160 g/mol. The number of esters is 1. The van der Waals surface area contributed by atoms with Crippen LogP contribution in [0.25, 0.3) is 0 Å². The maximum atomic E-state index is 13.6. The van der Waals surface area contributed by atoms with E-state index in [0.29, 0.717) is 23.9 Å². The number of ether oxygens (including phenoxy) is 1. The van der Waals surface area contributed by atoms with Gasteiger partial charge in [0.25, 0.3) is 7.82 Å². The lowest BCUT2D eigenvalue weighted by Crippen LogP contribution is -2.47. The van der Waals surface area contributed by atoms with E-state index < -0.39 is 26.6 Å². The van der Waals surface area contributed by atoms with Crippen molar-refractivity contribution in [1.82, 2.24) is 5.32 Å². The molecule has 474 valence electrons. The van der Waals surface area contributed by atoms with Crippen molar-refractivity contribution >= 4 is 19.7 Å². The smallest absolute Gasteiger partial charge is 0.306 e. The second-order valence-electron chi connectivity index (χ2n) is 24.7. The molecule has 10 heteroatoms. The van der Waals surface area contributed by atoms with Crippen LogP contribution in [0.15, 0.2) is 60.8 Å². The van der Waals surface area contributed by atoms with Crippen LogP contribution in [-0.2, 0) is 27.9 Å². The Morgan fingerprint density at radius 1 is 0.432 bits per heavy atom. The summed E-state index contributed by atoms with van der Waals surface area (Å²) >= 11 is 0. The third-order valence-corrected chi connectivity index (χ3v) is 16.4. The molecule has 0 heterocycles. The lowest BCUT2D eigenvalue weighted by molar-refractivity contribution is -0.870. The van der Waals surface area contributed by atoms with Crippen molar-refractivity contribution in [3.05, 3.63) is 60.8 Å². The molecule has 9 nitrogen and oxygen atoms in total. The highest BCUT2D eigenvalue weighted by Crippen LogP contribution is 2.38. The fourth-order valence-electron chi connectivity index (χ4n) is 10.1. The number of hydrogen-bond donors (Lipinski definition) is 1. The zero-order valence-corrected chi connectivity index (χ0v) is 55.1. The Labute approximate surface area is 502 Å². The maximum Gasteiger partial charge on any atom is 0.306 e. The number of unbranched alkanes of at least 4 members (excludes halogenated alkanes) is 39. The molecule has 0 saturated heterocycles. The minimum atomic E-state index is -4.71. The summed E-state index contributed by atoms with van der Waals surface area (Å²) in [5.41, 5.74) is 0. The molecule has 0 bridgehead atoms. The molecule has 0 radical (unpaired) electrons. The molecule has 0 aliphatic heterocycles. The quantitative estimate of drug-likeness (QED) is 0.0212. The maximum absolute atomic E-state index is 13.6. The summed E-state index contributed by atoms with van der Waals surface area (Å²) in [6.07, 6.45) is 77.7. The third-order valence-electron chi connectivity index (χ3n) is 15.5. The monoisotopic (exact) mass is 1160 g/mol. The largest absolute Gasteiger partial charge is 0.756 e. The molecule has 3 unspecified atom stereocenters. The number of nitrogens with zero attached hydrogens (tertiary/aromatic N) is 1. The SMILES string of the molecule is CCCCC/C=C\C/C=C\C/C=C\C/C=C\CCCCCC(=O)OC(/C=C/CCCCCCCCCCCCC)C(COP(=O)([O-])OCC[N+](C)(C)C)NC(=O)CCCCCCCCCCCCCCCCCCCCCCCCC. The Hall–Kier alpha value is -2.29. The molecule has 81 heavy (non-hydrogen) atoms. The summed E-state index contributed by atoms with van der Waals surface area (Å²) < 4.78 is 30.4. The number of likely N-dealkylation sites (N-methyl/N-ethyl adjacent to an activating group) is 1. The first kappa shape index (κ1) is 78.7. The molecular formula is C71H133N2O7P. The third kappa shape index (κ3) is 62.1. The number of nitrogens with one attached hydrogen (secondary N) is 1. The van der Waals surface area contributed by atoms with E-state index in [1.165, 1.54) is 212 Å². The molecule has 0 aromatic carbocycles. The lowest BCUT2D eigenvalue weighted by Gasteiger charge is -2.30. The average Bonchev–Trinajstić information content (AvgIpc) is 3.44. The van der Waals surface area contributed by atoms with Gasteiger partial charge in [-0.1, -0.05) is 300 Å². The topological polar surface area (TPSA) is 114 Å². The van der Waals surface area contributed by atoms with Gasteiger partial charge in [0.1, 0.15) is 19.3 Å². The van der Waals surface area contributed by atoms with Crippen LogP contribution in [0.5, 0.6) is 0 Å². The van der Waals surface area contributed by atoms with Gasteiger partial charge in [-0.05, 0) is 76.7 Å². The normalized spacial score (nSPS) is 13.9. The molecule has 0 aliphatic carbocycles. The number of amides is 1. The van der Waals surface area contributed by atoms with Gasteiger partial charge < -0.3 is 28.5 Å². The van der Waals surface area contributed by atoms with E-state index in [1.54, 1.807) is 0 Å². The van der Waals surface area contributed by atoms with Crippen LogP contribution in [0, 0.1) is 0 Å². The highest BCUT2D eigenvalue weighted by Gasteiger charge is 2.27. The van der Waals surface area contributed by atoms with Crippen LogP contribution in [-0.4, -0.2) is 69.4 Å². The van der Waals surface area contributed by atoms with Gasteiger partial charge in [0, 0.05) is 12.8 Å². The van der Waals surface area contributed by atoms with E-state index >= 15 is 0 Å². The summed E-state index contributed by atoms with van der Waals surface area (Å²) in [6.45, 7) is 6.84. The van der Waals surface area contributed by atoms with E-state index in [-0.39, 0.29) is 24.9 Å². The van der Waals surface area contributed by atoms with Crippen molar-refractivity contribution in [1.29, 1.82) is 0 Å². The molecule has 1 N–H and O–H groups in total. The number of phosphoric ester groups is 1. The number of rotatable bonds is 63. The second kappa shape index (κ2) is 60.8. The zero-order valence-electron chi connectivity index (χ0n) is 54.2. The van der Waals surface area contributed by atoms with Crippen LogP contribution in [0.1, 0.15) is 329 Å². The Kier molecular flexibility index (Phi) is 59.1. The van der Waals surface area contributed by atoms with Crippen molar-refractivity contribution in [3.63, 3.8) is 0 Å². The van der Waals surface area contributed by atoms with Crippen LogP contribution in [0.3, 0.4) is 0 Å². The Bertz CT molecular complexity index is 1570. The second-order valence-corrected chi connectivity index (χ2v) is 26.1. The van der Waals surface area contributed by atoms with Gasteiger partial charge in [0.15, 0.2) is 0 Å². The fourth-order valence-corrected chi connectivity index (χ4v) is 10.8. The minimum Gasteiger partial charge on any atom is -0.756 e. The first-order chi connectivity index (χ1) is 39.4. The molecule has 1 amide bonds.